The van der Waals surface area contributed by atoms with Gasteiger partial charge in [-0.1, -0.05) is 0 Å². The maximum atomic E-state index is 5.52. The van der Waals surface area contributed by atoms with E-state index in [-0.39, 0.29) is 0 Å². The molecule has 0 unspecified atom stereocenters. The Bertz CT molecular complexity index is 256. The van der Waals surface area contributed by atoms with Gasteiger partial charge in [-0.15, -0.1) is 0 Å². The van der Waals surface area contributed by atoms with E-state index in [0.29, 0.717) is 24.8 Å². The summed E-state index contributed by atoms with van der Waals surface area (Å²) in [5.41, 5.74) is 5.52. The Morgan fingerprint density at radius 3 is 2.58 bits per heavy atom. The van der Waals surface area contributed by atoms with Gasteiger partial charge in [0.2, 0.25) is 11.6 Å². The van der Waals surface area contributed by atoms with E-state index in [4.69, 9.17) is 10.5 Å². The molecule has 0 saturated carbocycles. The molecule has 0 radical (unpaired) electrons. The number of aromatic nitrogens is 2. The van der Waals surface area contributed by atoms with E-state index in [9.17, 15) is 0 Å². The third-order valence-corrected chi connectivity index (χ3v) is 1.81. The van der Waals surface area contributed by atoms with Gasteiger partial charge in [-0.2, -0.15) is 0 Å². The maximum absolute atomic E-state index is 5.52. The second-order valence-corrected chi connectivity index (χ2v) is 2.57. The monoisotopic (exact) mass is 170 g/mol. The number of anilines is 2. The van der Waals surface area contributed by atoms with Gasteiger partial charge >= 0.3 is 0 Å². The molecule has 12 heavy (non-hydrogen) atoms. The van der Waals surface area contributed by atoms with Crippen molar-refractivity contribution in [1.82, 2.24) is 10.3 Å². The van der Waals surface area contributed by atoms with Gasteiger partial charge in [0.25, 0.3) is 0 Å². The molecule has 1 aliphatic heterocycles. The molecule has 1 aliphatic rings. The third kappa shape index (κ3) is 1.20. The Morgan fingerprint density at radius 2 is 2.00 bits per heavy atom. The first-order valence-electron chi connectivity index (χ1n) is 3.78. The summed E-state index contributed by atoms with van der Waals surface area (Å²) in [5.74, 6) is 0.968. The Hall–Kier alpha value is -1.30. The summed E-state index contributed by atoms with van der Waals surface area (Å²) >= 11 is 0. The van der Waals surface area contributed by atoms with Gasteiger partial charge in [-0.05, 0) is 10.3 Å². The minimum atomic E-state index is 0.344. The zero-order chi connectivity index (χ0) is 8.39. The molecule has 6 nitrogen and oxygen atoms in total. The van der Waals surface area contributed by atoms with Gasteiger partial charge in [0.15, 0.2) is 0 Å². The highest BCUT2D eigenvalue weighted by Crippen LogP contribution is 2.17. The minimum absolute atomic E-state index is 0.344. The predicted octanol–water partition coefficient (Wildman–Crippen LogP) is -0.512. The van der Waals surface area contributed by atoms with Crippen LogP contribution in [0.4, 0.5) is 11.6 Å². The van der Waals surface area contributed by atoms with Crippen LogP contribution in [0.3, 0.4) is 0 Å². The molecule has 1 aromatic rings. The van der Waals surface area contributed by atoms with Crippen LogP contribution in [-0.2, 0) is 4.74 Å². The summed E-state index contributed by atoms with van der Waals surface area (Å²) < 4.78 is 9.67. The first-order chi connectivity index (χ1) is 5.88. The summed E-state index contributed by atoms with van der Waals surface area (Å²) in [5, 5.41) is 7.20. The van der Waals surface area contributed by atoms with Crippen LogP contribution in [0.1, 0.15) is 0 Å². The molecule has 0 spiro atoms. The minimum Gasteiger partial charge on any atom is -0.378 e. The SMILES string of the molecule is Nc1nonc1N1CCOCC1. The average Bonchev–Trinajstić information content (AvgIpc) is 2.53. The van der Waals surface area contributed by atoms with Crippen molar-refractivity contribution in [2.75, 3.05) is 36.9 Å². The molecule has 0 bridgehead atoms. The standard InChI is InChI=1S/C6H10N4O2/c7-5-6(9-12-8-5)10-1-3-11-4-2-10/h1-4H2,(H2,7,8). The van der Waals surface area contributed by atoms with E-state index in [1.54, 1.807) is 0 Å². The molecule has 0 aliphatic carbocycles. The van der Waals surface area contributed by atoms with Crippen LogP contribution in [0.15, 0.2) is 4.63 Å². The lowest BCUT2D eigenvalue weighted by Gasteiger charge is -2.25. The molecule has 6 heteroatoms. The molecule has 0 aromatic carbocycles. The molecular formula is C6H10N4O2. The smallest absolute Gasteiger partial charge is 0.217 e. The van der Waals surface area contributed by atoms with Gasteiger partial charge in [0.1, 0.15) is 0 Å². The van der Waals surface area contributed by atoms with E-state index in [1.165, 1.54) is 0 Å². The van der Waals surface area contributed by atoms with Crippen molar-refractivity contribution in [2.24, 2.45) is 0 Å². The highest BCUT2D eigenvalue weighted by molar-refractivity contribution is 5.56. The summed E-state index contributed by atoms with van der Waals surface area (Å²) in [7, 11) is 0. The van der Waals surface area contributed by atoms with Crippen LogP contribution in [0.5, 0.6) is 0 Å². The lowest BCUT2D eigenvalue weighted by Crippen LogP contribution is -2.36. The number of morpholine rings is 1. The Morgan fingerprint density at radius 1 is 1.25 bits per heavy atom. The van der Waals surface area contributed by atoms with Crippen LogP contribution in [0, 0.1) is 0 Å². The Kier molecular flexibility index (Phi) is 1.83. The highest BCUT2D eigenvalue weighted by Gasteiger charge is 2.17. The average molecular weight is 170 g/mol. The molecule has 1 aromatic heterocycles. The zero-order valence-corrected chi connectivity index (χ0v) is 6.56. The van der Waals surface area contributed by atoms with Crippen molar-refractivity contribution in [3.05, 3.63) is 0 Å². The summed E-state index contributed by atoms with van der Waals surface area (Å²) in [6.07, 6.45) is 0. The molecule has 0 atom stereocenters. The fraction of sp³-hybridized carbons (Fsp3) is 0.667. The van der Waals surface area contributed by atoms with E-state index < -0.39 is 0 Å². The fourth-order valence-electron chi connectivity index (χ4n) is 1.19. The van der Waals surface area contributed by atoms with E-state index in [0.717, 1.165) is 13.1 Å². The van der Waals surface area contributed by atoms with E-state index in [1.807, 2.05) is 4.90 Å². The number of nitrogens with zero attached hydrogens (tertiary/aromatic N) is 3. The highest BCUT2D eigenvalue weighted by atomic mass is 16.6. The van der Waals surface area contributed by atoms with E-state index >= 15 is 0 Å². The van der Waals surface area contributed by atoms with Gasteiger partial charge in [-0.3, -0.25) is 0 Å². The second kappa shape index (κ2) is 2.98. The van der Waals surface area contributed by atoms with Gasteiger partial charge in [0, 0.05) is 13.1 Å². The van der Waals surface area contributed by atoms with Crippen LogP contribution in [0.2, 0.25) is 0 Å². The quantitative estimate of drug-likeness (QED) is 0.611. The van der Waals surface area contributed by atoms with Crippen LogP contribution in [0.25, 0.3) is 0 Å². The van der Waals surface area contributed by atoms with Crippen LogP contribution in [-0.4, -0.2) is 36.6 Å². The largest absolute Gasteiger partial charge is 0.378 e. The third-order valence-electron chi connectivity index (χ3n) is 1.81. The second-order valence-electron chi connectivity index (χ2n) is 2.57. The number of hydrogen-bond acceptors (Lipinski definition) is 6. The zero-order valence-electron chi connectivity index (χ0n) is 6.56. The molecule has 2 heterocycles. The van der Waals surface area contributed by atoms with Crippen molar-refractivity contribution >= 4 is 11.6 Å². The molecular weight excluding hydrogens is 160 g/mol. The normalized spacial score (nSPS) is 18.2. The molecule has 1 fully saturated rings. The lowest BCUT2D eigenvalue weighted by atomic mass is 10.4. The summed E-state index contributed by atoms with van der Waals surface area (Å²) in [4.78, 5) is 2.00. The lowest BCUT2D eigenvalue weighted by molar-refractivity contribution is 0.122. The topological polar surface area (TPSA) is 77.4 Å². The van der Waals surface area contributed by atoms with Crippen LogP contribution >= 0.6 is 0 Å². The van der Waals surface area contributed by atoms with Crippen molar-refractivity contribution in [3.63, 3.8) is 0 Å². The first-order valence-corrected chi connectivity index (χ1v) is 3.78. The number of rotatable bonds is 1. The van der Waals surface area contributed by atoms with Crippen molar-refractivity contribution in [3.8, 4) is 0 Å². The molecule has 0 amide bonds. The Labute approximate surface area is 69.2 Å². The van der Waals surface area contributed by atoms with Crippen molar-refractivity contribution < 1.29 is 9.37 Å². The fourth-order valence-corrected chi connectivity index (χ4v) is 1.19. The van der Waals surface area contributed by atoms with Crippen LogP contribution < -0.4 is 10.6 Å². The number of nitrogens with two attached hydrogens (primary N) is 1. The summed E-state index contributed by atoms with van der Waals surface area (Å²) in [6.45, 7) is 2.98. The van der Waals surface area contributed by atoms with Crippen molar-refractivity contribution in [1.29, 1.82) is 0 Å². The molecule has 1 saturated heterocycles. The van der Waals surface area contributed by atoms with Gasteiger partial charge in [0.05, 0.1) is 13.2 Å². The maximum Gasteiger partial charge on any atom is 0.217 e. The number of hydrogen-bond donors (Lipinski definition) is 1. The van der Waals surface area contributed by atoms with E-state index in [2.05, 4.69) is 14.9 Å². The summed E-state index contributed by atoms with van der Waals surface area (Å²) in [6, 6.07) is 0. The number of nitrogen functional groups attached to an aromatic ring is 1. The first kappa shape index (κ1) is 7.35. The molecule has 66 valence electrons. The van der Waals surface area contributed by atoms with Gasteiger partial charge < -0.3 is 15.4 Å². The number of ether oxygens (including phenoxy) is 1. The predicted molar refractivity (Wildman–Crippen MR) is 41.7 cm³/mol. The Balaban J connectivity index is 2.13. The van der Waals surface area contributed by atoms with Gasteiger partial charge in [-0.25, -0.2) is 4.63 Å². The van der Waals surface area contributed by atoms with Crippen molar-refractivity contribution in [2.45, 2.75) is 0 Å². The molecule has 2 N–H and O–H groups in total. The molecule has 2 rings (SSSR count).